The third-order valence-corrected chi connectivity index (χ3v) is 5.57. The molecular weight excluding hydrogens is 300 g/mol. The van der Waals surface area contributed by atoms with E-state index in [4.69, 9.17) is 4.74 Å². The van der Waals surface area contributed by atoms with Gasteiger partial charge in [0.25, 0.3) is 0 Å². The summed E-state index contributed by atoms with van der Waals surface area (Å²) in [6, 6.07) is 11.0. The Morgan fingerprint density at radius 2 is 2.17 bits per heavy atom. The second-order valence-corrected chi connectivity index (χ2v) is 7.21. The maximum atomic E-state index is 10.4. The molecule has 1 aromatic heterocycles. The summed E-state index contributed by atoms with van der Waals surface area (Å²) < 4.78 is 5.66. The van der Waals surface area contributed by atoms with E-state index in [-0.39, 0.29) is 12.0 Å². The number of rotatable bonds is 3. The van der Waals surface area contributed by atoms with Crippen LogP contribution in [-0.4, -0.2) is 46.9 Å². The van der Waals surface area contributed by atoms with Gasteiger partial charge in [-0.25, -0.2) is 0 Å². The molecule has 0 unspecified atom stereocenters. The Hall–Kier alpha value is -1.49. The number of hydrogen-bond donors (Lipinski definition) is 1. The summed E-state index contributed by atoms with van der Waals surface area (Å²) in [6.07, 6.45) is 2.91. The zero-order valence-corrected chi connectivity index (χ0v) is 14.3. The van der Waals surface area contributed by atoms with Crippen molar-refractivity contribution in [3.8, 4) is 0 Å². The van der Waals surface area contributed by atoms with E-state index < -0.39 is 0 Å². The fourth-order valence-corrected chi connectivity index (χ4v) is 4.39. The fraction of sp³-hybridized carbons (Fsp3) is 0.550. The molecule has 2 fully saturated rings. The molecule has 3 heterocycles. The molecular formula is C20H26N2O2. The van der Waals surface area contributed by atoms with Crippen LogP contribution in [0.4, 0.5) is 0 Å². The standard InChI is InChI=1S/C20H26N2O2/c1-14-11-15(16-5-2-3-6-18(16)21-14)12-22-9-4-7-19(22)17-13-24-10-8-20(17)23/h2-3,5-6,11,17,19-20,23H,4,7-10,12-13H2,1H3/t17-,19-,20+/m1/s1. The van der Waals surface area contributed by atoms with Crippen molar-refractivity contribution >= 4 is 10.9 Å². The monoisotopic (exact) mass is 326 g/mol. The molecule has 1 N–H and O–H groups in total. The van der Waals surface area contributed by atoms with E-state index in [9.17, 15) is 5.11 Å². The quantitative estimate of drug-likeness (QED) is 0.942. The third-order valence-electron chi connectivity index (χ3n) is 5.57. The van der Waals surface area contributed by atoms with Gasteiger partial charge in [0, 0.05) is 36.2 Å². The summed E-state index contributed by atoms with van der Waals surface area (Å²) in [6.45, 7) is 5.48. The number of nitrogens with zero attached hydrogens (tertiary/aromatic N) is 2. The van der Waals surface area contributed by atoms with Gasteiger partial charge in [0.1, 0.15) is 0 Å². The second kappa shape index (κ2) is 6.79. The lowest BCUT2D eigenvalue weighted by Gasteiger charge is -2.37. The number of para-hydroxylation sites is 1. The maximum Gasteiger partial charge on any atom is 0.0708 e. The number of aliphatic hydroxyl groups excluding tert-OH is 1. The molecule has 2 aromatic rings. The van der Waals surface area contributed by atoms with E-state index in [1.54, 1.807) is 0 Å². The maximum absolute atomic E-state index is 10.4. The van der Waals surface area contributed by atoms with Gasteiger partial charge >= 0.3 is 0 Å². The highest BCUT2D eigenvalue weighted by Gasteiger charge is 2.37. The number of likely N-dealkylation sites (tertiary alicyclic amines) is 1. The van der Waals surface area contributed by atoms with E-state index in [0.29, 0.717) is 19.3 Å². The lowest BCUT2D eigenvalue weighted by atomic mass is 9.89. The van der Waals surface area contributed by atoms with Crippen LogP contribution in [0.2, 0.25) is 0 Å². The SMILES string of the molecule is Cc1cc(CN2CCC[C@@H]2[C@H]2COCC[C@@H]2O)c2ccccc2n1. The van der Waals surface area contributed by atoms with Crippen LogP contribution in [0.5, 0.6) is 0 Å². The van der Waals surface area contributed by atoms with E-state index in [1.165, 1.54) is 17.4 Å². The van der Waals surface area contributed by atoms with Crippen molar-refractivity contribution in [2.45, 2.75) is 44.9 Å². The number of benzene rings is 1. The van der Waals surface area contributed by atoms with Gasteiger partial charge in [0.05, 0.1) is 18.2 Å². The van der Waals surface area contributed by atoms with Gasteiger partial charge in [0.2, 0.25) is 0 Å². The number of aromatic nitrogens is 1. The number of aryl methyl sites for hydroxylation is 1. The molecule has 2 aliphatic heterocycles. The minimum atomic E-state index is -0.222. The predicted molar refractivity (Wildman–Crippen MR) is 94.8 cm³/mol. The summed E-state index contributed by atoms with van der Waals surface area (Å²) in [5.41, 5.74) is 3.49. The number of hydrogen-bond acceptors (Lipinski definition) is 4. The van der Waals surface area contributed by atoms with Gasteiger partial charge in [-0.05, 0) is 50.4 Å². The average Bonchev–Trinajstić information content (AvgIpc) is 3.03. The molecule has 24 heavy (non-hydrogen) atoms. The summed E-state index contributed by atoms with van der Waals surface area (Å²) >= 11 is 0. The largest absolute Gasteiger partial charge is 0.393 e. The first-order chi connectivity index (χ1) is 11.7. The van der Waals surface area contributed by atoms with Crippen LogP contribution in [0.1, 0.15) is 30.5 Å². The summed E-state index contributed by atoms with van der Waals surface area (Å²) in [5, 5.41) is 11.7. The van der Waals surface area contributed by atoms with Crippen LogP contribution in [0.25, 0.3) is 10.9 Å². The topological polar surface area (TPSA) is 45.6 Å². The van der Waals surface area contributed by atoms with Crippen LogP contribution in [0.3, 0.4) is 0 Å². The number of pyridine rings is 1. The zero-order valence-electron chi connectivity index (χ0n) is 14.3. The normalized spacial score (nSPS) is 28.5. The lowest BCUT2D eigenvalue weighted by Crippen LogP contribution is -2.45. The molecule has 4 nitrogen and oxygen atoms in total. The van der Waals surface area contributed by atoms with Crippen LogP contribution < -0.4 is 0 Å². The minimum absolute atomic E-state index is 0.222. The van der Waals surface area contributed by atoms with E-state index in [2.05, 4.69) is 41.1 Å². The summed E-state index contributed by atoms with van der Waals surface area (Å²) in [5.74, 6) is 0.246. The molecule has 1 aromatic carbocycles. The highest BCUT2D eigenvalue weighted by molar-refractivity contribution is 5.82. The minimum Gasteiger partial charge on any atom is -0.393 e. The van der Waals surface area contributed by atoms with E-state index >= 15 is 0 Å². The fourth-order valence-electron chi connectivity index (χ4n) is 4.39. The third kappa shape index (κ3) is 3.06. The molecule has 2 aliphatic rings. The number of aliphatic hydroxyl groups is 1. The molecule has 0 bridgehead atoms. The van der Waals surface area contributed by atoms with Crippen molar-refractivity contribution in [2.24, 2.45) is 5.92 Å². The summed E-state index contributed by atoms with van der Waals surface area (Å²) in [7, 11) is 0. The molecule has 0 saturated carbocycles. The molecule has 2 saturated heterocycles. The first-order valence-electron chi connectivity index (χ1n) is 9.07. The smallest absolute Gasteiger partial charge is 0.0708 e. The van der Waals surface area contributed by atoms with Crippen molar-refractivity contribution in [2.75, 3.05) is 19.8 Å². The Morgan fingerprint density at radius 3 is 3.04 bits per heavy atom. The van der Waals surface area contributed by atoms with Gasteiger partial charge < -0.3 is 9.84 Å². The highest BCUT2D eigenvalue weighted by Crippen LogP contribution is 2.32. The van der Waals surface area contributed by atoms with Gasteiger partial charge in [0.15, 0.2) is 0 Å². The molecule has 0 radical (unpaired) electrons. The Morgan fingerprint density at radius 1 is 1.29 bits per heavy atom. The van der Waals surface area contributed by atoms with Crippen LogP contribution in [-0.2, 0) is 11.3 Å². The van der Waals surface area contributed by atoms with E-state index in [1.807, 2.05) is 6.07 Å². The van der Waals surface area contributed by atoms with Crippen LogP contribution in [0, 0.1) is 12.8 Å². The molecule has 4 rings (SSSR count). The molecule has 128 valence electrons. The second-order valence-electron chi connectivity index (χ2n) is 7.21. The molecule has 0 spiro atoms. The lowest BCUT2D eigenvalue weighted by molar-refractivity contribution is -0.0635. The Balaban J connectivity index is 1.60. The predicted octanol–water partition coefficient (Wildman–Crippen LogP) is 2.91. The highest BCUT2D eigenvalue weighted by atomic mass is 16.5. The first-order valence-corrected chi connectivity index (χ1v) is 9.07. The van der Waals surface area contributed by atoms with Gasteiger partial charge in [-0.1, -0.05) is 18.2 Å². The molecule has 3 atom stereocenters. The van der Waals surface area contributed by atoms with E-state index in [0.717, 1.165) is 37.1 Å². The Kier molecular flexibility index (Phi) is 4.53. The molecule has 0 amide bonds. The Labute approximate surface area is 143 Å². The van der Waals surface area contributed by atoms with Crippen LogP contribution in [0.15, 0.2) is 30.3 Å². The molecule has 4 heteroatoms. The van der Waals surface area contributed by atoms with Gasteiger partial charge in [-0.3, -0.25) is 9.88 Å². The number of ether oxygens (including phenoxy) is 1. The van der Waals surface area contributed by atoms with Crippen molar-refractivity contribution in [3.05, 3.63) is 41.6 Å². The van der Waals surface area contributed by atoms with Gasteiger partial charge in [-0.15, -0.1) is 0 Å². The average molecular weight is 326 g/mol. The van der Waals surface area contributed by atoms with Crippen molar-refractivity contribution in [1.29, 1.82) is 0 Å². The van der Waals surface area contributed by atoms with Crippen molar-refractivity contribution in [1.82, 2.24) is 9.88 Å². The van der Waals surface area contributed by atoms with Crippen molar-refractivity contribution < 1.29 is 9.84 Å². The number of fused-ring (bicyclic) bond motifs is 1. The summed E-state index contributed by atoms with van der Waals surface area (Å²) in [4.78, 5) is 7.20. The van der Waals surface area contributed by atoms with Crippen molar-refractivity contribution in [3.63, 3.8) is 0 Å². The Bertz CT molecular complexity index is 718. The van der Waals surface area contributed by atoms with Crippen LogP contribution >= 0.6 is 0 Å². The first kappa shape index (κ1) is 16.0. The van der Waals surface area contributed by atoms with Gasteiger partial charge in [-0.2, -0.15) is 0 Å². The molecule has 0 aliphatic carbocycles. The zero-order chi connectivity index (χ0) is 16.5.